The van der Waals surface area contributed by atoms with Crippen molar-refractivity contribution >= 4 is 22.5 Å². The second-order valence-electron chi connectivity index (χ2n) is 5.94. The van der Waals surface area contributed by atoms with E-state index in [4.69, 9.17) is 4.74 Å². The first-order valence-corrected chi connectivity index (χ1v) is 8.00. The highest BCUT2D eigenvalue weighted by Gasteiger charge is 2.09. The molecule has 0 radical (unpaired) electrons. The predicted molar refractivity (Wildman–Crippen MR) is 96.4 cm³/mol. The number of carbonyl (C=O) groups excluding carboxylic acids is 1. The molecule has 0 unspecified atom stereocenters. The van der Waals surface area contributed by atoms with Crippen LogP contribution in [0.25, 0.3) is 10.9 Å². The van der Waals surface area contributed by atoms with Gasteiger partial charge in [-0.2, -0.15) is 0 Å². The van der Waals surface area contributed by atoms with Gasteiger partial charge in [-0.25, -0.2) is 0 Å². The van der Waals surface area contributed by atoms with Crippen LogP contribution < -0.4 is 10.1 Å². The first kappa shape index (κ1) is 16.0. The number of fused-ring (bicyclic) bond motifs is 1. The first-order chi connectivity index (χ1) is 11.6. The summed E-state index contributed by atoms with van der Waals surface area (Å²) in [4.78, 5) is 16.4. The molecule has 1 aromatic heterocycles. The van der Waals surface area contributed by atoms with Crippen molar-refractivity contribution in [3.63, 3.8) is 0 Å². The minimum atomic E-state index is -0.172. The maximum absolute atomic E-state index is 12.2. The van der Waals surface area contributed by atoms with Gasteiger partial charge in [0.25, 0.3) is 5.91 Å². The second-order valence-corrected chi connectivity index (χ2v) is 5.94. The van der Waals surface area contributed by atoms with E-state index in [9.17, 15) is 4.79 Å². The lowest BCUT2D eigenvalue weighted by Crippen LogP contribution is -2.21. The molecule has 1 N–H and O–H groups in total. The van der Waals surface area contributed by atoms with Crippen molar-refractivity contribution in [2.24, 2.45) is 0 Å². The van der Waals surface area contributed by atoms with Gasteiger partial charge in [0.1, 0.15) is 5.75 Å². The zero-order valence-corrected chi connectivity index (χ0v) is 13.8. The first-order valence-electron chi connectivity index (χ1n) is 8.00. The standard InChI is InChI=1S/C20H20N2O2/c1-14(2)17-7-3-4-8-19(17)22-20(23)13-24-16-9-10-18-15(12-16)6-5-11-21-18/h3-12,14H,13H2,1-2H3,(H,22,23). The van der Waals surface area contributed by atoms with Gasteiger partial charge in [0, 0.05) is 17.3 Å². The molecule has 0 saturated heterocycles. The van der Waals surface area contributed by atoms with Crippen LogP contribution in [0.5, 0.6) is 5.75 Å². The van der Waals surface area contributed by atoms with Crippen LogP contribution in [0.3, 0.4) is 0 Å². The van der Waals surface area contributed by atoms with Gasteiger partial charge < -0.3 is 10.1 Å². The highest BCUT2D eigenvalue weighted by atomic mass is 16.5. The van der Waals surface area contributed by atoms with E-state index in [0.717, 1.165) is 22.2 Å². The number of hydrogen-bond donors (Lipinski definition) is 1. The number of para-hydroxylation sites is 1. The Bertz CT molecular complexity index is 859. The third-order valence-electron chi connectivity index (χ3n) is 3.80. The van der Waals surface area contributed by atoms with E-state index in [1.165, 1.54) is 0 Å². The van der Waals surface area contributed by atoms with Crippen molar-refractivity contribution in [1.82, 2.24) is 4.98 Å². The molecule has 3 rings (SSSR count). The quantitative estimate of drug-likeness (QED) is 0.759. The van der Waals surface area contributed by atoms with Gasteiger partial charge >= 0.3 is 0 Å². The predicted octanol–water partition coefficient (Wildman–Crippen LogP) is 4.38. The summed E-state index contributed by atoms with van der Waals surface area (Å²) >= 11 is 0. The normalized spacial score (nSPS) is 10.8. The fourth-order valence-electron chi connectivity index (χ4n) is 2.59. The number of rotatable bonds is 5. The topological polar surface area (TPSA) is 51.2 Å². The Kier molecular flexibility index (Phi) is 4.75. The molecule has 1 amide bonds. The number of benzene rings is 2. The third-order valence-corrected chi connectivity index (χ3v) is 3.80. The molecule has 0 saturated carbocycles. The molecule has 0 bridgehead atoms. The van der Waals surface area contributed by atoms with Crippen LogP contribution in [0.2, 0.25) is 0 Å². The van der Waals surface area contributed by atoms with Crippen LogP contribution in [0.1, 0.15) is 25.3 Å². The molecule has 0 spiro atoms. The molecule has 4 heteroatoms. The van der Waals surface area contributed by atoms with Gasteiger partial charge in [0.05, 0.1) is 5.52 Å². The Morgan fingerprint density at radius 1 is 1.12 bits per heavy atom. The summed E-state index contributed by atoms with van der Waals surface area (Å²) in [5.41, 5.74) is 2.85. The van der Waals surface area contributed by atoms with Crippen LogP contribution in [-0.4, -0.2) is 17.5 Å². The average molecular weight is 320 g/mol. The number of ether oxygens (including phenoxy) is 1. The van der Waals surface area contributed by atoms with Crippen molar-refractivity contribution in [3.8, 4) is 5.75 Å². The largest absolute Gasteiger partial charge is 0.484 e. The molecule has 3 aromatic rings. The third kappa shape index (κ3) is 3.71. The van der Waals surface area contributed by atoms with E-state index in [-0.39, 0.29) is 12.5 Å². The van der Waals surface area contributed by atoms with Crippen LogP contribution in [0.4, 0.5) is 5.69 Å². The maximum Gasteiger partial charge on any atom is 0.262 e. The number of nitrogens with one attached hydrogen (secondary N) is 1. The fraction of sp³-hybridized carbons (Fsp3) is 0.200. The summed E-state index contributed by atoms with van der Waals surface area (Å²) in [6.45, 7) is 4.17. The van der Waals surface area contributed by atoms with Gasteiger partial charge in [-0.05, 0) is 41.8 Å². The molecule has 0 aliphatic carbocycles. The molecular formula is C20H20N2O2. The summed E-state index contributed by atoms with van der Waals surface area (Å²) in [5.74, 6) is 0.826. The summed E-state index contributed by atoms with van der Waals surface area (Å²) in [6, 6.07) is 17.3. The molecule has 0 aliphatic rings. The van der Waals surface area contributed by atoms with Crippen molar-refractivity contribution in [2.75, 3.05) is 11.9 Å². The molecule has 0 atom stereocenters. The number of hydrogen-bond acceptors (Lipinski definition) is 3. The van der Waals surface area contributed by atoms with Crippen LogP contribution in [0, 0.1) is 0 Å². The zero-order valence-electron chi connectivity index (χ0n) is 13.8. The van der Waals surface area contributed by atoms with Crippen molar-refractivity contribution in [3.05, 3.63) is 66.4 Å². The van der Waals surface area contributed by atoms with Crippen LogP contribution in [-0.2, 0) is 4.79 Å². The summed E-state index contributed by atoms with van der Waals surface area (Å²) < 4.78 is 5.61. The van der Waals surface area contributed by atoms with Gasteiger partial charge in [-0.1, -0.05) is 38.1 Å². The summed E-state index contributed by atoms with van der Waals surface area (Å²) in [7, 11) is 0. The van der Waals surface area contributed by atoms with E-state index < -0.39 is 0 Å². The SMILES string of the molecule is CC(C)c1ccccc1NC(=O)COc1ccc2ncccc2c1. The van der Waals surface area contributed by atoms with Gasteiger partial charge in [0.2, 0.25) is 0 Å². The van der Waals surface area contributed by atoms with E-state index in [2.05, 4.69) is 24.1 Å². The molecule has 0 fully saturated rings. The van der Waals surface area contributed by atoms with E-state index >= 15 is 0 Å². The van der Waals surface area contributed by atoms with E-state index in [1.54, 1.807) is 6.20 Å². The van der Waals surface area contributed by atoms with E-state index in [0.29, 0.717) is 11.7 Å². The minimum Gasteiger partial charge on any atom is -0.484 e. The molecule has 4 nitrogen and oxygen atoms in total. The maximum atomic E-state index is 12.2. The summed E-state index contributed by atoms with van der Waals surface area (Å²) in [5, 5.41) is 3.91. The zero-order chi connectivity index (χ0) is 16.9. The van der Waals surface area contributed by atoms with Gasteiger partial charge in [-0.15, -0.1) is 0 Å². The lowest BCUT2D eigenvalue weighted by Gasteiger charge is -2.14. The average Bonchev–Trinajstić information content (AvgIpc) is 2.60. The van der Waals surface area contributed by atoms with Crippen molar-refractivity contribution in [1.29, 1.82) is 0 Å². The molecular weight excluding hydrogens is 300 g/mol. The Hall–Kier alpha value is -2.88. The molecule has 122 valence electrons. The monoisotopic (exact) mass is 320 g/mol. The number of aromatic nitrogens is 1. The Labute approximate surface area is 141 Å². The van der Waals surface area contributed by atoms with Gasteiger partial charge in [0.15, 0.2) is 6.61 Å². The second kappa shape index (κ2) is 7.13. The Balaban J connectivity index is 1.65. The summed E-state index contributed by atoms with van der Waals surface area (Å²) in [6.07, 6.45) is 1.75. The Morgan fingerprint density at radius 3 is 2.79 bits per heavy atom. The highest BCUT2D eigenvalue weighted by Crippen LogP contribution is 2.24. The van der Waals surface area contributed by atoms with Crippen molar-refractivity contribution in [2.45, 2.75) is 19.8 Å². The number of nitrogens with zero attached hydrogens (tertiary/aromatic N) is 1. The number of anilines is 1. The molecule has 0 aliphatic heterocycles. The lowest BCUT2D eigenvalue weighted by atomic mass is 10.0. The van der Waals surface area contributed by atoms with Crippen LogP contribution in [0.15, 0.2) is 60.8 Å². The Morgan fingerprint density at radius 2 is 1.96 bits per heavy atom. The lowest BCUT2D eigenvalue weighted by molar-refractivity contribution is -0.118. The minimum absolute atomic E-state index is 0.0296. The number of amides is 1. The smallest absolute Gasteiger partial charge is 0.262 e. The van der Waals surface area contributed by atoms with Gasteiger partial charge in [-0.3, -0.25) is 9.78 Å². The van der Waals surface area contributed by atoms with Crippen LogP contribution >= 0.6 is 0 Å². The number of carbonyl (C=O) groups is 1. The fourth-order valence-corrected chi connectivity index (χ4v) is 2.59. The molecule has 1 heterocycles. The van der Waals surface area contributed by atoms with E-state index in [1.807, 2.05) is 54.6 Å². The molecule has 2 aromatic carbocycles. The number of pyridine rings is 1. The highest BCUT2D eigenvalue weighted by molar-refractivity contribution is 5.92. The van der Waals surface area contributed by atoms with Crippen molar-refractivity contribution < 1.29 is 9.53 Å². The molecule has 24 heavy (non-hydrogen) atoms.